The molecule has 0 spiro atoms. The number of benzene rings is 3. The minimum absolute atomic E-state index is 0.397. The van der Waals surface area contributed by atoms with E-state index in [0.717, 1.165) is 22.6 Å². The maximum atomic E-state index is 6.04. The molecular formula is C20H16Cl2N2O. The largest absolute Gasteiger partial charge is 0.488 e. The van der Waals surface area contributed by atoms with Crippen LogP contribution >= 0.6 is 23.2 Å². The lowest BCUT2D eigenvalue weighted by molar-refractivity contribution is 0.306. The fourth-order valence-corrected chi connectivity index (χ4v) is 2.52. The first-order chi connectivity index (χ1) is 12.2. The second kappa shape index (κ2) is 8.56. The zero-order chi connectivity index (χ0) is 17.5. The number of halogens is 2. The van der Waals surface area contributed by atoms with Crippen molar-refractivity contribution in [3.63, 3.8) is 0 Å². The Bertz CT molecular complexity index is 867. The highest BCUT2D eigenvalue weighted by molar-refractivity contribution is 6.42. The molecule has 0 aromatic heterocycles. The van der Waals surface area contributed by atoms with Crippen molar-refractivity contribution in [2.24, 2.45) is 5.10 Å². The maximum absolute atomic E-state index is 6.04. The molecule has 0 heterocycles. The molecule has 3 rings (SSSR count). The van der Waals surface area contributed by atoms with Crippen molar-refractivity contribution in [1.82, 2.24) is 0 Å². The number of ether oxygens (including phenoxy) is 1. The van der Waals surface area contributed by atoms with E-state index in [1.54, 1.807) is 18.3 Å². The van der Waals surface area contributed by atoms with Gasteiger partial charge < -0.3 is 4.74 Å². The maximum Gasteiger partial charge on any atom is 0.128 e. The van der Waals surface area contributed by atoms with Gasteiger partial charge in [-0.05, 0) is 42.0 Å². The van der Waals surface area contributed by atoms with Gasteiger partial charge in [-0.25, -0.2) is 0 Å². The summed E-state index contributed by atoms with van der Waals surface area (Å²) in [6, 6.07) is 22.9. The van der Waals surface area contributed by atoms with E-state index in [1.165, 1.54) is 0 Å². The summed E-state index contributed by atoms with van der Waals surface area (Å²) in [7, 11) is 0. The van der Waals surface area contributed by atoms with E-state index in [4.69, 9.17) is 27.9 Å². The van der Waals surface area contributed by atoms with Gasteiger partial charge in [-0.15, -0.1) is 0 Å². The molecule has 3 aromatic rings. The number of hydrogen-bond donors (Lipinski definition) is 1. The molecule has 0 atom stereocenters. The predicted molar refractivity (Wildman–Crippen MR) is 105 cm³/mol. The van der Waals surface area contributed by atoms with E-state index in [-0.39, 0.29) is 0 Å². The van der Waals surface area contributed by atoms with Crippen molar-refractivity contribution in [3.05, 3.63) is 94.0 Å². The number of nitrogens with zero attached hydrogens (tertiary/aromatic N) is 1. The van der Waals surface area contributed by atoms with Crippen molar-refractivity contribution in [2.45, 2.75) is 6.61 Å². The molecule has 0 unspecified atom stereocenters. The molecule has 0 saturated heterocycles. The second-order valence-corrected chi connectivity index (χ2v) is 6.13. The zero-order valence-corrected chi connectivity index (χ0v) is 14.8. The van der Waals surface area contributed by atoms with Crippen LogP contribution in [0.4, 0.5) is 5.69 Å². The van der Waals surface area contributed by atoms with Crippen LogP contribution in [0.15, 0.2) is 77.9 Å². The van der Waals surface area contributed by atoms with Gasteiger partial charge in [0.05, 0.1) is 21.9 Å². The normalized spacial score (nSPS) is 10.8. The third-order valence-corrected chi connectivity index (χ3v) is 4.21. The topological polar surface area (TPSA) is 33.6 Å². The minimum atomic E-state index is 0.397. The molecule has 0 radical (unpaired) electrons. The van der Waals surface area contributed by atoms with Gasteiger partial charge in [0.25, 0.3) is 0 Å². The van der Waals surface area contributed by atoms with Crippen molar-refractivity contribution in [2.75, 3.05) is 5.43 Å². The molecule has 0 bridgehead atoms. The Morgan fingerprint density at radius 3 is 2.44 bits per heavy atom. The van der Waals surface area contributed by atoms with E-state index >= 15 is 0 Å². The van der Waals surface area contributed by atoms with Crippen molar-refractivity contribution in [1.29, 1.82) is 0 Å². The Hall–Kier alpha value is -2.49. The average Bonchev–Trinajstić information content (AvgIpc) is 2.64. The Morgan fingerprint density at radius 2 is 1.64 bits per heavy atom. The Labute approximate surface area is 156 Å². The van der Waals surface area contributed by atoms with Gasteiger partial charge in [-0.1, -0.05) is 59.6 Å². The standard InChI is InChI=1S/C20H16Cl2N2O/c21-18-11-10-15(12-19(18)22)14-25-20-9-5-4-6-16(20)13-23-24-17-7-2-1-3-8-17/h1-13,24H,14H2. The number of anilines is 1. The molecule has 0 aliphatic rings. The summed E-state index contributed by atoms with van der Waals surface area (Å²) in [5.74, 6) is 0.743. The van der Waals surface area contributed by atoms with Crippen molar-refractivity contribution in [3.8, 4) is 5.75 Å². The molecule has 25 heavy (non-hydrogen) atoms. The lowest BCUT2D eigenvalue weighted by Crippen LogP contribution is -1.99. The van der Waals surface area contributed by atoms with Crippen LogP contribution in [0.3, 0.4) is 0 Å². The van der Waals surface area contributed by atoms with Crippen LogP contribution in [0.2, 0.25) is 10.0 Å². The second-order valence-electron chi connectivity index (χ2n) is 5.31. The number of hydrogen-bond acceptors (Lipinski definition) is 3. The Morgan fingerprint density at radius 1 is 0.880 bits per heavy atom. The first-order valence-electron chi connectivity index (χ1n) is 7.72. The van der Waals surface area contributed by atoms with Crippen LogP contribution in [-0.4, -0.2) is 6.21 Å². The predicted octanol–water partition coefficient (Wildman–Crippen LogP) is 6.02. The van der Waals surface area contributed by atoms with E-state index in [1.807, 2.05) is 60.7 Å². The molecule has 5 heteroatoms. The summed E-state index contributed by atoms with van der Waals surface area (Å²) >= 11 is 12.0. The van der Waals surface area contributed by atoms with Crippen molar-refractivity contribution < 1.29 is 4.74 Å². The average molecular weight is 371 g/mol. The molecule has 3 aromatic carbocycles. The summed E-state index contributed by atoms with van der Waals surface area (Å²) in [5.41, 5.74) is 5.74. The van der Waals surface area contributed by atoms with Gasteiger partial charge in [-0.2, -0.15) is 5.10 Å². The SMILES string of the molecule is Clc1ccc(COc2ccccc2C=NNc2ccccc2)cc1Cl. The quantitative estimate of drug-likeness (QED) is 0.425. The monoisotopic (exact) mass is 370 g/mol. The summed E-state index contributed by atoms with van der Waals surface area (Å²) in [5, 5.41) is 5.31. The minimum Gasteiger partial charge on any atom is -0.488 e. The van der Waals surface area contributed by atoms with Gasteiger partial charge >= 0.3 is 0 Å². The molecule has 0 aliphatic heterocycles. The number of nitrogens with one attached hydrogen (secondary N) is 1. The summed E-state index contributed by atoms with van der Waals surface area (Å²) < 4.78 is 5.90. The first kappa shape index (κ1) is 17.3. The third-order valence-electron chi connectivity index (χ3n) is 3.47. The van der Waals surface area contributed by atoms with Crippen LogP contribution in [0.5, 0.6) is 5.75 Å². The number of rotatable bonds is 6. The van der Waals surface area contributed by atoms with Crippen molar-refractivity contribution >= 4 is 35.1 Å². The van der Waals surface area contributed by atoms with Gasteiger partial charge in [0.15, 0.2) is 0 Å². The molecular weight excluding hydrogens is 355 g/mol. The highest BCUT2D eigenvalue weighted by Gasteiger charge is 2.03. The molecule has 126 valence electrons. The van der Waals surface area contributed by atoms with E-state index in [0.29, 0.717) is 16.7 Å². The summed E-state index contributed by atoms with van der Waals surface area (Å²) in [4.78, 5) is 0. The molecule has 0 fully saturated rings. The Kier molecular flexibility index (Phi) is 5.94. The third kappa shape index (κ3) is 4.99. The first-order valence-corrected chi connectivity index (χ1v) is 8.48. The van der Waals surface area contributed by atoms with Gasteiger partial charge in [-0.3, -0.25) is 5.43 Å². The highest BCUT2D eigenvalue weighted by atomic mass is 35.5. The van der Waals surface area contributed by atoms with Crippen LogP contribution < -0.4 is 10.2 Å². The van der Waals surface area contributed by atoms with Gasteiger partial charge in [0.2, 0.25) is 0 Å². The molecule has 0 saturated carbocycles. The van der Waals surface area contributed by atoms with Crippen LogP contribution in [0, 0.1) is 0 Å². The molecule has 0 amide bonds. The molecule has 1 N–H and O–H groups in total. The molecule has 3 nitrogen and oxygen atoms in total. The summed E-state index contributed by atoms with van der Waals surface area (Å²) in [6.07, 6.45) is 1.73. The fraction of sp³-hybridized carbons (Fsp3) is 0.0500. The van der Waals surface area contributed by atoms with Crippen LogP contribution in [0.1, 0.15) is 11.1 Å². The zero-order valence-electron chi connectivity index (χ0n) is 13.3. The highest BCUT2D eigenvalue weighted by Crippen LogP contribution is 2.24. The van der Waals surface area contributed by atoms with E-state index in [2.05, 4.69) is 10.5 Å². The molecule has 0 aliphatic carbocycles. The fourth-order valence-electron chi connectivity index (χ4n) is 2.20. The van der Waals surface area contributed by atoms with E-state index < -0.39 is 0 Å². The summed E-state index contributed by atoms with van der Waals surface area (Å²) in [6.45, 7) is 0.397. The number of para-hydroxylation sites is 2. The lowest BCUT2D eigenvalue weighted by Gasteiger charge is -2.09. The van der Waals surface area contributed by atoms with E-state index in [9.17, 15) is 0 Å². The van der Waals surface area contributed by atoms with Gasteiger partial charge in [0, 0.05) is 5.56 Å². The van der Waals surface area contributed by atoms with Crippen LogP contribution in [0.25, 0.3) is 0 Å². The Balaban J connectivity index is 1.67. The number of hydrazone groups is 1. The lowest BCUT2D eigenvalue weighted by atomic mass is 10.2. The smallest absolute Gasteiger partial charge is 0.128 e. The van der Waals surface area contributed by atoms with Crippen LogP contribution in [-0.2, 0) is 6.61 Å². The van der Waals surface area contributed by atoms with Gasteiger partial charge in [0.1, 0.15) is 12.4 Å².